The van der Waals surface area contributed by atoms with Crippen molar-refractivity contribution < 1.29 is 0 Å². The topological polar surface area (TPSA) is 23.8 Å². The van der Waals surface area contributed by atoms with Gasteiger partial charge in [-0.2, -0.15) is 5.26 Å². The summed E-state index contributed by atoms with van der Waals surface area (Å²) in [5, 5.41) is 9.03. The van der Waals surface area contributed by atoms with Gasteiger partial charge in [-0.15, -0.1) is 0 Å². The van der Waals surface area contributed by atoms with E-state index >= 15 is 0 Å². The van der Waals surface area contributed by atoms with Gasteiger partial charge in [0, 0.05) is 0 Å². The molecule has 0 unspecified atom stereocenters. The lowest BCUT2D eigenvalue weighted by molar-refractivity contribution is 0.337. The third kappa shape index (κ3) is 2.38. The SMILES string of the molecule is CC(C)[C@@H]1CC=C(C(C)(C)C#N)CC1. The first-order chi connectivity index (χ1) is 6.47. The number of rotatable bonds is 2. The molecule has 78 valence electrons. The molecular weight excluding hydrogens is 170 g/mol. The van der Waals surface area contributed by atoms with Gasteiger partial charge in [-0.1, -0.05) is 25.5 Å². The van der Waals surface area contributed by atoms with Crippen molar-refractivity contribution in [2.75, 3.05) is 0 Å². The van der Waals surface area contributed by atoms with E-state index in [9.17, 15) is 0 Å². The molecule has 0 bridgehead atoms. The molecule has 1 nitrogen and oxygen atoms in total. The standard InChI is InChI=1S/C13H21N/c1-10(2)11-5-7-12(8-6-11)13(3,4)9-14/h7,10-11H,5-6,8H2,1-4H3/t11-/m1/s1. The lowest BCUT2D eigenvalue weighted by atomic mass is 9.74. The maximum atomic E-state index is 9.03. The van der Waals surface area contributed by atoms with Gasteiger partial charge in [0.25, 0.3) is 0 Å². The fraction of sp³-hybridized carbons (Fsp3) is 0.769. The van der Waals surface area contributed by atoms with E-state index in [-0.39, 0.29) is 5.41 Å². The average Bonchev–Trinajstić information content (AvgIpc) is 2.18. The minimum absolute atomic E-state index is 0.248. The Labute approximate surface area is 87.8 Å². The van der Waals surface area contributed by atoms with E-state index in [0.29, 0.717) is 0 Å². The maximum Gasteiger partial charge on any atom is 0.0728 e. The molecule has 14 heavy (non-hydrogen) atoms. The van der Waals surface area contributed by atoms with Crippen LogP contribution < -0.4 is 0 Å². The van der Waals surface area contributed by atoms with Crippen molar-refractivity contribution in [1.82, 2.24) is 0 Å². The molecule has 0 saturated heterocycles. The highest BCUT2D eigenvalue weighted by molar-refractivity contribution is 5.22. The lowest BCUT2D eigenvalue weighted by Crippen LogP contribution is -2.19. The molecule has 0 aromatic heterocycles. The molecule has 0 amide bonds. The Morgan fingerprint density at radius 3 is 2.50 bits per heavy atom. The van der Waals surface area contributed by atoms with Crippen LogP contribution in [0, 0.1) is 28.6 Å². The minimum atomic E-state index is -0.248. The predicted octanol–water partition coefficient (Wildman–Crippen LogP) is 3.92. The summed E-state index contributed by atoms with van der Waals surface area (Å²) in [7, 11) is 0. The molecule has 0 aromatic rings. The van der Waals surface area contributed by atoms with Gasteiger partial charge in [-0.25, -0.2) is 0 Å². The Bertz CT molecular complexity index is 265. The van der Waals surface area contributed by atoms with Gasteiger partial charge in [0.05, 0.1) is 11.5 Å². The van der Waals surface area contributed by atoms with Crippen molar-refractivity contribution in [1.29, 1.82) is 5.26 Å². The van der Waals surface area contributed by atoms with Gasteiger partial charge >= 0.3 is 0 Å². The highest BCUT2D eigenvalue weighted by atomic mass is 14.4. The smallest absolute Gasteiger partial charge is 0.0728 e. The van der Waals surface area contributed by atoms with E-state index in [0.717, 1.165) is 24.7 Å². The monoisotopic (exact) mass is 191 g/mol. The molecule has 1 aliphatic carbocycles. The van der Waals surface area contributed by atoms with Crippen LogP contribution in [-0.2, 0) is 0 Å². The van der Waals surface area contributed by atoms with Gasteiger partial charge in [0.1, 0.15) is 0 Å². The molecule has 0 spiro atoms. The molecule has 1 rings (SSSR count). The Kier molecular flexibility index (Phi) is 3.37. The summed E-state index contributed by atoms with van der Waals surface area (Å²) in [5.74, 6) is 1.60. The average molecular weight is 191 g/mol. The molecule has 1 atom stereocenters. The summed E-state index contributed by atoms with van der Waals surface area (Å²) in [6.07, 6.45) is 5.84. The zero-order chi connectivity index (χ0) is 10.8. The van der Waals surface area contributed by atoms with Crippen LogP contribution in [0.25, 0.3) is 0 Å². The molecule has 0 saturated carbocycles. The highest BCUT2D eigenvalue weighted by Gasteiger charge is 2.27. The van der Waals surface area contributed by atoms with Crippen LogP contribution in [0.2, 0.25) is 0 Å². The van der Waals surface area contributed by atoms with Crippen LogP contribution in [0.1, 0.15) is 47.0 Å². The summed E-state index contributed by atoms with van der Waals surface area (Å²) in [6.45, 7) is 8.63. The zero-order valence-corrected chi connectivity index (χ0v) is 9.80. The summed E-state index contributed by atoms with van der Waals surface area (Å²) >= 11 is 0. The summed E-state index contributed by atoms with van der Waals surface area (Å²) in [4.78, 5) is 0. The van der Waals surface area contributed by atoms with Crippen molar-refractivity contribution in [3.05, 3.63) is 11.6 Å². The summed E-state index contributed by atoms with van der Waals surface area (Å²) < 4.78 is 0. The van der Waals surface area contributed by atoms with Crippen LogP contribution in [-0.4, -0.2) is 0 Å². The first kappa shape index (κ1) is 11.3. The van der Waals surface area contributed by atoms with Crippen LogP contribution >= 0.6 is 0 Å². The van der Waals surface area contributed by atoms with Crippen LogP contribution in [0.3, 0.4) is 0 Å². The van der Waals surface area contributed by atoms with E-state index in [1.165, 1.54) is 12.0 Å². The van der Waals surface area contributed by atoms with Crippen molar-refractivity contribution in [3.8, 4) is 6.07 Å². The number of nitriles is 1. The first-order valence-corrected chi connectivity index (χ1v) is 5.58. The third-order valence-corrected chi connectivity index (χ3v) is 3.48. The molecule has 0 N–H and O–H groups in total. The van der Waals surface area contributed by atoms with Crippen LogP contribution in [0.15, 0.2) is 11.6 Å². The van der Waals surface area contributed by atoms with Crippen molar-refractivity contribution in [2.24, 2.45) is 17.3 Å². The summed E-state index contributed by atoms with van der Waals surface area (Å²) in [6, 6.07) is 2.39. The molecular formula is C13H21N. The number of allylic oxidation sites excluding steroid dienone is 2. The van der Waals surface area contributed by atoms with Crippen molar-refractivity contribution in [2.45, 2.75) is 47.0 Å². The number of hydrogen-bond acceptors (Lipinski definition) is 1. The van der Waals surface area contributed by atoms with Crippen LogP contribution in [0.4, 0.5) is 0 Å². The third-order valence-electron chi connectivity index (χ3n) is 3.48. The fourth-order valence-corrected chi connectivity index (χ4v) is 2.10. The van der Waals surface area contributed by atoms with Gasteiger partial charge in [0.15, 0.2) is 0 Å². The second kappa shape index (κ2) is 4.17. The zero-order valence-electron chi connectivity index (χ0n) is 9.80. The first-order valence-electron chi connectivity index (χ1n) is 5.58. The molecule has 1 heteroatoms. The van der Waals surface area contributed by atoms with Crippen molar-refractivity contribution in [3.63, 3.8) is 0 Å². The van der Waals surface area contributed by atoms with Gasteiger partial charge < -0.3 is 0 Å². The Balaban J connectivity index is 2.67. The molecule has 1 aliphatic rings. The Morgan fingerprint density at radius 2 is 2.14 bits per heavy atom. The van der Waals surface area contributed by atoms with E-state index in [1.54, 1.807) is 0 Å². The molecule has 0 aromatic carbocycles. The van der Waals surface area contributed by atoms with E-state index < -0.39 is 0 Å². The Hall–Kier alpha value is -0.770. The highest BCUT2D eigenvalue weighted by Crippen LogP contribution is 2.37. The predicted molar refractivity (Wildman–Crippen MR) is 59.7 cm³/mol. The molecule has 0 aliphatic heterocycles. The molecule has 0 radical (unpaired) electrons. The minimum Gasteiger partial charge on any atom is -0.197 e. The lowest BCUT2D eigenvalue weighted by Gasteiger charge is -2.29. The normalized spacial score (nSPS) is 23.1. The number of hydrogen-bond donors (Lipinski definition) is 0. The number of nitrogens with zero attached hydrogens (tertiary/aromatic N) is 1. The van der Waals surface area contributed by atoms with E-state index in [4.69, 9.17) is 5.26 Å². The van der Waals surface area contributed by atoms with Gasteiger partial charge in [-0.3, -0.25) is 0 Å². The molecule has 0 fully saturated rings. The van der Waals surface area contributed by atoms with Gasteiger partial charge in [0.2, 0.25) is 0 Å². The Morgan fingerprint density at radius 1 is 1.50 bits per heavy atom. The second-order valence-corrected chi connectivity index (χ2v) is 5.24. The maximum absolute atomic E-state index is 9.03. The van der Waals surface area contributed by atoms with Crippen molar-refractivity contribution >= 4 is 0 Å². The largest absolute Gasteiger partial charge is 0.197 e. The van der Waals surface area contributed by atoms with Gasteiger partial charge in [-0.05, 0) is 44.9 Å². The second-order valence-electron chi connectivity index (χ2n) is 5.24. The summed E-state index contributed by atoms with van der Waals surface area (Å²) in [5.41, 5.74) is 1.10. The quantitative estimate of drug-likeness (QED) is 0.607. The van der Waals surface area contributed by atoms with E-state index in [1.807, 2.05) is 13.8 Å². The molecule has 0 heterocycles. The fourth-order valence-electron chi connectivity index (χ4n) is 2.10. The van der Waals surface area contributed by atoms with Crippen LogP contribution in [0.5, 0.6) is 0 Å². The van der Waals surface area contributed by atoms with E-state index in [2.05, 4.69) is 26.0 Å².